The lowest BCUT2D eigenvalue weighted by Crippen LogP contribution is -2.31. The maximum Gasteiger partial charge on any atom is 0.274 e. The largest absolute Gasteiger partial charge is 0.468 e. The molecule has 26 heavy (non-hydrogen) atoms. The van der Waals surface area contributed by atoms with E-state index >= 15 is 0 Å². The molecule has 2 atom stereocenters. The molecule has 2 N–H and O–H groups in total. The molecule has 0 spiro atoms. The highest BCUT2D eigenvalue weighted by Crippen LogP contribution is 2.37. The molecule has 3 rings (SSSR count). The van der Waals surface area contributed by atoms with Gasteiger partial charge in [-0.1, -0.05) is 26.0 Å². The molecule has 1 aliphatic heterocycles. The molecule has 0 radical (unpaired) electrons. The SMILES string of the molecule is CC.NC(=O)c1cc(-c2ccc(P)cc2F)c2c(n1)OC(C(F)F)CC2. The lowest BCUT2D eigenvalue weighted by molar-refractivity contribution is -0.00215. The monoisotopic (exact) mass is 384 g/mol. The molecule has 1 aliphatic rings. The number of rotatable bonds is 3. The Morgan fingerprint density at radius 3 is 2.58 bits per heavy atom. The van der Waals surface area contributed by atoms with Crippen molar-refractivity contribution in [2.75, 3.05) is 0 Å². The maximum absolute atomic E-state index is 14.3. The number of aromatic nitrogens is 1. The number of hydrogen-bond acceptors (Lipinski definition) is 3. The van der Waals surface area contributed by atoms with Crippen molar-refractivity contribution in [1.29, 1.82) is 0 Å². The summed E-state index contributed by atoms with van der Waals surface area (Å²) < 4.78 is 45.3. The van der Waals surface area contributed by atoms with Crippen LogP contribution < -0.4 is 15.8 Å². The minimum Gasteiger partial charge on any atom is -0.468 e. The number of primary amides is 1. The zero-order valence-electron chi connectivity index (χ0n) is 14.4. The van der Waals surface area contributed by atoms with Crippen molar-refractivity contribution in [2.45, 2.75) is 39.2 Å². The highest BCUT2D eigenvalue weighted by Gasteiger charge is 2.31. The van der Waals surface area contributed by atoms with Crippen LogP contribution in [0.3, 0.4) is 0 Å². The van der Waals surface area contributed by atoms with Crippen LogP contribution >= 0.6 is 9.24 Å². The van der Waals surface area contributed by atoms with Crippen LogP contribution in [0.15, 0.2) is 24.3 Å². The van der Waals surface area contributed by atoms with Crippen molar-refractivity contribution in [3.63, 3.8) is 0 Å². The van der Waals surface area contributed by atoms with Gasteiger partial charge in [0.2, 0.25) is 5.88 Å². The fourth-order valence-electron chi connectivity index (χ4n) is 2.67. The van der Waals surface area contributed by atoms with E-state index < -0.39 is 24.3 Å². The Balaban J connectivity index is 0.00000117. The normalized spacial score (nSPS) is 15.6. The van der Waals surface area contributed by atoms with E-state index in [9.17, 15) is 18.0 Å². The summed E-state index contributed by atoms with van der Waals surface area (Å²) in [5.74, 6) is -1.43. The molecule has 0 bridgehead atoms. The number of halogens is 3. The number of amides is 1. The smallest absolute Gasteiger partial charge is 0.274 e. The lowest BCUT2D eigenvalue weighted by atomic mass is 9.94. The zero-order chi connectivity index (χ0) is 19.4. The first kappa shape index (κ1) is 20.2. The van der Waals surface area contributed by atoms with Gasteiger partial charge in [0.25, 0.3) is 12.3 Å². The summed E-state index contributed by atoms with van der Waals surface area (Å²) in [6.45, 7) is 4.00. The molecule has 0 aliphatic carbocycles. The van der Waals surface area contributed by atoms with E-state index in [-0.39, 0.29) is 30.0 Å². The van der Waals surface area contributed by atoms with Gasteiger partial charge in [-0.2, -0.15) is 0 Å². The van der Waals surface area contributed by atoms with Gasteiger partial charge < -0.3 is 10.5 Å². The second-order valence-electron chi connectivity index (χ2n) is 5.47. The third-order valence-corrected chi connectivity index (χ3v) is 4.20. The van der Waals surface area contributed by atoms with E-state index in [0.717, 1.165) is 0 Å². The van der Waals surface area contributed by atoms with Gasteiger partial charge in [0.05, 0.1) is 0 Å². The van der Waals surface area contributed by atoms with Crippen LogP contribution in [0.1, 0.15) is 36.3 Å². The molecule has 1 aromatic carbocycles. The van der Waals surface area contributed by atoms with Crippen LogP contribution in [0.25, 0.3) is 11.1 Å². The number of alkyl halides is 2. The Kier molecular flexibility index (Phi) is 6.59. The van der Waals surface area contributed by atoms with Crippen LogP contribution in [0.5, 0.6) is 5.88 Å². The summed E-state index contributed by atoms with van der Waals surface area (Å²) in [5.41, 5.74) is 6.20. The summed E-state index contributed by atoms with van der Waals surface area (Å²) in [7, 11) is 2.38. The Bertz CT molecular complexity index is 815. The van der Waals surface area contributed by atoms with Crippen LogP contribution in [0.4, 0.5) is 13.2 Å². The summed E-state index contributed by atoms with van der Waals surface area (Å²) in [6, 6.07) is 5.93. The van der Waals surface area contributed by atoms with Crippen molar-refractivity contribution in [3.8, 4) is 17.0 Å². The molecule has 1 amide bonds. The number of carbonyl (C=O) groups excluding carboxylic acids is 1. The first-order valence-corrected chi connectivity index (χ1v) is 8.78. The van der Waals surface area contributed by atoms with Gasteiger partial charge in [-0.15, -0.1) is 9.24 Å². The van der Waals surface area contributed by atoms with Gasteiger partial charge >= 0.3 is 0 Å². The highest BCUT2D eigenvalue weighted by molar-refractivity contribution is 7.27. The predicted molar refractivity (Wildman–Crippen MR) is 97.6 cm³/mol. The van der Waals surface area contributed by atoms with Gasteiger partial charge in [0.1, 0.15) is 11.5 Å². The van der Waals surface area contributed by atoms with Gasteiger partial charge in [-0.3, -0.25) is 4.79 Å². The number of benzene rings is 1. The first-order valence-electron chi connectivity index (χ1n) is 8.20. The fraction of sp³-hybridized carbons (Fsp3) is 0.333. The second-order valence-corrected chi connectivity index (χ2v) is 6.14. The van der Waals surface area contributed by atoms with E-state index in [4.69, 9.17) is 10.5 Å². The van der Waals surface area contributed by atoms with Crippen LogP contribution in [-0.4, -0.2) is 23.4 Å². The van der Waals surface area contributed by atoms with Crippen molar-refractivity contribution in [1.82, 2.24) is 4.98 Å². The Hall–Kier alpha value is -2.14. The topological polar surface area (TPSA) is 65.2 Å². The Morgan fingerprint density at radius 1 is 1.31 bits per heavy atom. The molecule has 8 heteroatoms. The number of pyridine rings is 1. The summed E-state index contributed by atoms with van der Waals surface area (Å²) in [6.07, 6.45) is -3.65. The van der Waals surface area contributed by atoms with E-state index in [2.05, 4.69) is 14.2 Å². The molecule has 140 valence electrons. The van der Waals surface area contributed by atoms with E-state index in [1.54, 1.807) is 12.1 Å². The minimum absolute atomic E-state index is 0.0819. The molecular formula is C18H20F3N2O2P. The Labute approximate surface area is 152 Å². The van der Waals surface area contributed by atoms with Crippen molar-refractivity contribution < 1.29 is 22.7 Å². The number of carbonyl (C=O) groups is 1. The van der Waals surface area contributed by atoms with Crippen LogP contribution in [0.2, 0.25) is 0 Å². The summed E-state index contributed by atoms with van der Waals surface area (Å²) >= 11 is 0. The molecule has 0 fully saturated rings. The van der Waals surface area contributed by atoms with E-state index in [1.807, 2.05) is 13.8 Å². The molecule has 1 aromatic heterocycles. The maximum atomic E-state index is 14.3. The van der Waals surface area contributed by atoms with Gasteiger partial charge in [-0.05, 0) is 35.8 Å². The van der Waals surface area contributed by atoms with Crippen LogP contribution in [0, 0.1) is 5.82 Å². The third-order valence-electron chi connectivity index (χ3n) is 3.84. The fourth-order valence-corrected chi connectivity index (χ4v) is 2.91. The number of hydrogen-bond donors (Lipinski definition) is 1. The van der Waals surface area contributed by atoms with Crippen molar-refractivity contribution in [3.05, 3.63) is 41.3 Å². The first-order chi connectivity index (χ1) is 12.4. The van der Waals surface area contributed by atoms with E-state index in [0.29, 0.717) is 16.4 Å². The molecule has 0 saturated carbocycles. The van der Waals surface area contributed by atoms with Crippen LogP contribution in [-0.2, 0) is 6.42 Å². The molecule has 2 unspecified atom stereocenters. The highest BCUT2D eigenvalue weighted by atomic mass is 31.0. The quantitative estimate of drug-likeness (QED) is 0.825. The molecule has 2 heterocycles. The van der Waals surface area contributed by atoms with E-state index in [1.165, 1.54) is 12.1 Å². The zero-order valence-corrected chi connectivity index (χ0v) is 15.6. The molecule has 0 saturated heterocycles. The summed E-state index contributed by atoms with van der Waals surface area (Å²) in [5, 5.41) is 0.656. The molecule has 2 aromatic rings. The molecular weight excluding hydrogens is 364 g/mol. The lowest BCUT2D eigenvalue weighted by Gasteiger charge is -2.26. The number of nitrogens with two attached hydrogens (primary N) is 1. The average molecular weight is 384 g/mol. The molecule has 4 nitrogen and oxygen atoms in total. The number of fused-ring (bicyclic) bond motifs is 1. The average Bonchev–Trinajstić information content (AvgIpc) is 2.62. The van der Waals surface area contributed by atoms with Gasteiger partial charge in [-0.25, -0.2) is 18.2 Å². The minimum atomic E-state index is -2.67. The summed E-state index contributed by atoms with van der Waals surface area (Å²) in [4.78, 5) is 15.4. The second kappa shape index (κ2) is 8.49. The van der Waals surface area contributed by atoms with Crippen molar-refractivity contribution >= 4 is 20.5 Å². The number of nitrogens with zero attached hydrogens (tertiary/aromatic N) is 1. The van der Waals surface area contributed by atoms with Gasteiger partial charge in [0, 0.05) is 11.1 Å². The Morgan fingerprint density at radius 2 is 2.00 bits per heavy atom. The third kappa shape index (κ3) is 4.15. The van der Waals surface area contributed by atoms with Gasteiger partial charge in [0.15, 0.2) is 6.10 Å². The standard InChI is InChI=1S/C16H14F3N2O2P.C2H6/c17-11-5-7(24)1-2-8(11)10-6-12(15(20)22)21-16-9(10)3-4-13(23-16)14(18)19;1-2/h1-2,5-6,13-14H,3-4,24H2,(H2,20,22);1-2H3. The van der Waals surface area contributed by atoms with Crippen molar-refractivity contribution in [2.24, 2.45) is 5.73 Å². The number of ether oxygens (including phenoxy) is 1. The predicted octanol–water partition coefficient (Wildman–Crippen LogP) is 3.47.